The minimum Gasteiger partial charge on any atom is -0.484 e. The molecule has 0 aromatic heterocycles. The van der Waals surface area contributed by atoms with Crippen molar-refractivity contribution in [1.29, 1.82) is 0 Å². The van der Waals surface area contributed by atoms with Crippen molar-refractivity contribution in [2.75, 3.05) is 18.1 Å². The molecule has 1 aliphatic rings. The highest BCUT2D eigenvalue weighted by Gasteiger charge is 2.30. The number of amides is 2. The highest BCUT2D eigenvalue weighted by molar-refractivity contribution is 5.95. The number of hydrogen-bond donors (Lipinski definition) is 1. The molecule has 0 atom stereocenters. The largest absolute Gasteiger partial charge is 0.573 e. The third-order valence-corrected chi connectivity index (χ3v) is 4.24. The Morgan fingerprint density at radius 2 is 1.69 bits per heavy atom. The van der Waals surface area contributed by atoms with Crippen molar-refractivity contribution >= 4 is 17.5 Å². The van der Waals surface area contributed by atoms with E-state index in [1.807, 2.05) is 0 Å². The summed E-state index contributed by atoms with van der Waals surface area (Å²) >= 11 is 0. The van der Waals surface area contributed by atoms with Crippen LogP contribution in [-0.2, 0) is 16.1 Å². The average molecular weight is 408 g/mol. The monoisotopic (exact) mass is 408 g/mol. The summed E-state index contributed by atoms with van der Waals surface area (Å²) in [5.41, 5.74) is 1.41. The molecule has 1 aliphatic heterocycles. The molecule has 2 aromatic rings. The molecule has 0 aliphatic carbocycles. The molecule has 0 spiro atoms. The van der Waals surface area contributed by atoms with E-state index in [0.717, 1.165) is 12.1 Å². The standard InChI is InChI=1S/C20H19F3N2O4/c21-20(22,23)29-17-7-3-14(4-8-17)12-24-18(26)13-28-16-9-5-15(6-10-16)25-11-1-2-19(25)27/h3-10H,1-2,11-13H2,(H,24,26). The van der Waals surface area contributed by atoms with E-state index >= 15 is 0 Å². The van der Waals surface area contributed by atoms with Gasteiger partial charge in [0.15, 0.2) is 6.61 Å². The zero-order valence-electron chi connectivity index (χ0n) is 15.4. The molecule has 6 nitrogen and oxygen atoms in total. The molecule has 0 saturated carbocycles. The Hall–Kier alpha value is -3.23. The summed E-state index contributed by atoms with van der Waals surface area (Å²) in [5.74, 6) is -0.116. The summed E-state index contributed by atoms with van der Waals surface area (Å²) in [6, 6.07) is 12.1. The lowest BCUT2D eigenvalue weighted by atomic mass is 10.2. The van der Waals surface area contributed by atoms with Crippen molar-refractivity contribution < 1.29 is 32.2 Å². The summed E-state index contributed by atoms with van der Waals surface area (Å²) in [5, 5.41) is 2.62. The average Bonchev–Trinajstić information content (AvgIpc) is 3.11. The van der Waals surface area contributed by atoms with E-state index in [2.05, 4.69) is 10.1 Å². The number of ether oxygens (including phenoxy) is 2. The van der Waals surface area contributed by atoms with Crippen LogP contribution in [0.2, 0.25) is 0 Å². The maximum atomic E-state index is 12.1. The van der Waals surface area contributed by atoms with E-state index < -0.39 is 6.36 Å². The van der Waals surface area contributed by atoms with Gasteiger partial charge < -0.3 is 19.7 Å². The second-order valence-electron chi connectivity index (χ2n) is 6.40. The number of halogens is 3. The Bertz CT molecular complexity index is 852. The molecule has 0 radical (unpaired) electrons. The van der Waals surface area contributed by atoms with Gasteiger partial charge in [0, 0.05) is 25.2 Å². The van der Waals surface area contributed by atoms with Gasteiger partial charge in [-0.15, -0.1) is 13.2 Å². The molecular formula is C20H19F3N2O4. The zero-order chi connectivity index (χ0) is 20.9. The zero-order valence-corrected chi connectivity index (χ0v) is 15.4. The van der Waals surface area contributed by atoms with Crippen molar-refractivity contribution in [1.82, 2.24) is 5.32 Å². The van der Waals surface area contributed by atoms with Crippen LogP contribution >= 0.6 is 0 Å². The number of alkyl halides is 3. The van der Waals surface area contributed by atoms with Crippen molar-refractivity contribution in [3.8, 4) is 11.5 Å². The molecule has 9 heteroatoms. The first-order valence-electron chi connectivity index (χ1n) is 8.95. The van der Waals surface area contributed by atoms with Crippen molar-refractivity contribution in [2.45, 2.75) is 25.7 Å². The lowest BCUT2D eigenvalue weighted by molar-refractivity contribution is -0.274. The molecule has 0 bridgehead atoms. The number of carbonyl (C=O) groups is 2. The number of nitrogens with zero attached hydrogens (tertiary/aromatic N) is 1. The Kier molecular flexibility index (Phi) is 6.26. The SMILES string of the molecule is O=C(COc1ccc(N2CCCC2=O)cc1)NCc1ccc(OC(F)(F)F)cc1. The highest BCUT2D eigenvalue weighted by Crippen LogP contribution is 2.24. The van der Waals surface area contributed by atoms with Gasteiger partial charge in [0.2, 0.25) is 5.91 Å². The van der Waals surface area contributed by atoms with Gasteiger partial charge in [0.1, 0.15) is 11.5 Å². The second-order valence-corrected chi connectivity index (χ2v) is 6.40. The van der Waals surface area contributed by atoms with Crippen LogP contribution in [0.3, 0.4) is 0 Å². The van der Waals surface area contributed by atoms with E-state index in [1.54, 1.807) is 29.2 Å². The van der Waals surface area contributed by atoms with Crippen LogP contribution in [-0.4, -0.2) is 31.3 Å². The molecule has 154 valence electrons. The van der Waals surface area contributed by atoms with Gasteiger partial charge in [-0.25, -0.2) is 0 Å². The number of hydrogen-bond acceptors (Lipinski definition) is 4. The van der Waals surface area contributed by atoms with Gasteiger partial charge in [0.25, 0.3) is 5.91 Å². The normalized spacial score (nSPS) is 14.0. The maximum absolute atomic E-state index is 12.1. The predicted octanol–water partition coefficient (Wildman–Crippen LogP) is 3.41. The minimum atomic E-state index is -4.74. The number of anilines is 1. The van der Waals surface area contributed by atoms with E-state index in [-0.39, 0.29) is 30.7 Å². The molecular weight excluding hydrogens is 389 g/mol. The van der Waals surface area contributed by atoms with Gasteiger partial charge in [-0.05, 0) is 48.4 Å². The predicted molar refractivity (Wildman–Crippen MR) is 98.5 cm³/mol. The number of nitrogens with one attached hydrogen (secondary N) is 1. The minimum absolute atomic E-state index is 0.0936. The smallest absolute Gasteiger partial charge is 0.484 e. The number of carbonyl (C=O) groups excluding carboxylic acids is 2. The molecule has 1 heterocycles. The van der Waals surface area contributed by atoms with Crippen molar-refractivity contribution in [3.63, 3.8) is 0 Å². The van der Waals surface area contributed by atoms with Crippen LogP contribution in [0.1, 0.15) is 18.4 Å². The fourth-order valence-corrected chi connectivity index (χ4v) is 2.85. The van der Waals surface area contributed by atoms with E-state index in [4.69, 9.17) is 4.74 Å². The third kappa shape index (κ3) is 6.13. The van der Waals surface area contributed by atoms with Gasteiger partial charge >= 0.3 is 6.36 Å². The first-order valence-corrected chi connectivity index (χ1v) is 8.95. The number of benzene rings is 2. The second kappa shape index (κ2) is 8.85. The molecule has 2 aromatic carbocycles. The lowest BCUT2D eigenvalue weighted by Crippen LogP contribution is -2.28. The molecule has 3 rings (SSSR count). The molecule has 29 heavy (non-hydrogen) atoms. The molecule has 1 N–H and O–H groups in total. The van der Waals surface area contributed by atoms with Gasteiger partial charge in [-0.2, -0.15) is 0 Å². The maximum Gasteiger partial charge on any atom is 0.573 e. The van der Waals surface area contributed by atoms with Gasteiger partial charge in [-0.1, -0.05) is 12.1 Å². The first-order chi connectivity index (χ1) is 13.8. The van der Waals surface area contributed by atoms with E-state index in [1.165, 1.54) is 24.3 Å². The quantitative estimate of drug-likeness (QED) is 0.763. The first kappa shape index (κ1) is 20.5. The van der Waals surface area contributed by atoms with E-state index in [0.29, 0.717) is 24.3 Å². The molecule has 1 fully saturated rings. The summed E-state index contributed by atoms with van der Waals surface area (Å²) in [7, 11) is 0. The summed E-state index contributed by atoms with van der Waals surface area (Å²) in [6.45, 7) is 0.631. The third-order valence-electron chi connectivity index (χ3n) is 4.24. The molecule has 1 saturated heterocycles. The van der Waals surface area contributed by atoms with Crippen LogP contribution in [0.5, 0.6) is 11.5 Å². The number of rotatable bonds is 7. The Balaban J connectivity index is 1.42. The summed E-state index contributed by atoms with van der Waals surface area (Å²) in [4.78, 5) is 25.3. The van der Waals surface area contributed by atoms with E-state index in [9.17, 15) is 22.8 Å². The summed E-state index contributed by atoms with van der Waals surface area (Å²) in [6.07, 6.45) is -3.35. The van der Waals surface area contributed by atoms with Crippen LogP contribution in [0.15, 0.2) is 48.5 Å². The summed E-state index contributed by atoms with van der Waals surface area (Å²) < 4.78 is 45.6. The van der Waals surface area contributed by atoms with Crippen molar-refractivity contribution in [2.24, 2.45) is 0 Å². The van der Waals surface area contributed by atoms with Crippen LogP contribution < -0.4 is 19.7 Å². The topological polar surface area (TPSA) is 67.9 Å². The fraction of sp³-hybridized carbons (Fsp3) is 0.300. The Morgan fingerprint density at radius 1 is 1.03 bits per heavy atom. The highest BCUT2D eigenvalue weighted by atomic mass is 19.4. The van der Waals surface area contributed by atoms with Crippen molar-refractivity contribution in [3.05, 3.63) is 54.1 Å². The van der Waals surface area contributed by atoms with Crippen LogP contribution in [0.25, 0.3) is 0 Å². The van der Waals surface area contributed by atoms with Crippen LogP contribution in [0, 0.1) is 0 Å². The Labute approximate surface area is 165 Å². The lowest BCUT2D eigenvalue weighted by Gasteiger charge is -2.16. The Morgan fingerprint density at radius 3 is 2.28 bits per heavy atom. The van der Waals surface area contributed by atoms with Gasteiger partial charge in [0.05, 0.1) is 0 Å². The fourth-order valence-electron chi connectivity index (χ4n) is 2.85. The molecule has 2 amide bonds. The van der Waals surface area contributed by atoms with Crippen LogP contribution in [0.4, 0.5) is 18.9 Å². The van der Waals surface area contributed by atoms with Gasteiger partial charge in [-0.3, -0.25) is 9.59 Å². The molecule has 0 unspecified atom stereocenters.